The van der Waals surface area contributed by atoms with Crippen molar-refractivity contribution in [1.29, 1.82) is 0 Å². The molecule has 1 aromatic carbocycles. The van der Waals surface area contributed by atoms with E-state index in [1.54, 1.807) is 43.8 Å². The van der Waals surface area contributed by atoms with Gasteiger partial charge in [0, 0.05) is 39.4 Å². The maximum atomic E-state index is 12.6. The molecule has 1 heterocycles. The lowest BCUT2D eigenvalue weighted by atomic mass is 10.1. The Morgan fingerprint density at radius 3 is 2.49 bits per heavy atom. The molecule has 1 aliphatic rings. The number of carbonyl (C=O) groups is 6. The van der Waals surface area contributed by atoms with Crippen molar-refractivity contribution in [3.63, 3.8) is 0 Å². The fourth-order valence-corrected chi connectivity index (χ4v) is 3.77. The first kappa shape index (κ1) is 31.0. The molecule has 0 radical (unpaired) electrons. The summed E-state index contributed by atoms with van der Waals surface area (Å²) in [4.78, 5) is 75.4. The maximum absolute atomic E-state index is 12.6. The van der Waals surface area contributed by atoms with Crippen LogP contribution in [0.25, 0.3) is 0 Å². The first-order chi connectivity index (χ1) is 18.5. The smallest absolute Gasteiger partial charge is 0.409 e. The summed E-state index contributed by atoms with van der Waals surface area (Å²) in [6.07, 6.45) is 0.606. The van der Waals surface area contributed by atoms with Crippen LogP contribution in [0.3, 0.4) is 0 Å². The van der Waals surface area contributed by atoms with Crippen molar-refractivity contribution in [1.82, 2.24) is 25.5 Å². The highest BCUT2D eigenvalue weighted by atomic mass is 16.6. The molecule has 15 nitrogen and oxygen atoms in total. The first-order valence-corrected chi connectivity index (χ1v) is 12.2. The molecule has 1 saturated heterocycles. The van der Waals surface area contributed by atoms with Gasteiger partial charge in [-0.05, 0) is 30.5 Å². The summed E-state index contributed by atoms with van der Waals surface area (Å²) in [5.74, 6) is -2.46. The molecular weight excluding hydrogens is 514 g/mol. The van der Waals surface area contributed by atoms with Crippen LogP contribution in [-0.2, 0) is 35.3 Å². The van der Waals surface area contributed by atoms with Gasteiger partial charge < -0.3 is 41.0 Å². The van der Waals surface area contributed by atoms with Crippen molar-refractivity contribution in [2.45, 2.75) is 38.0 Å². The number of anilines is 1. The van der Waals surface area contributed by atoms with Gasteiger partial charge in [0.05, 0.1) is 13.0 Å². The summed E-state index contributed by atoms with van der Waals surface area (Å²) < 4.78 is 5.23. The normalized spacial score (nSPS) is 15.2. The SMILES string of the molecule is CN(C=O)CCN(C)C(=O)OCc1ccc(NC(=O)CNC(=O)C2CCCN2C(=O)C(CC(N)=O)NO)cc1. The predicted molar refractivity (Wildman–Crippen MR) is 137 cm³/mol. The lowest BCUT2D eigenvalue weighted by Gasteiger charge is -2.27. The maximum Gasteiger partial charge on any atom is 0.409 e. The quantitative estimate of drug-likeness (QED) is 0.137. The number of hydroxylamine groups is 1. The molecule has 2 unspecified atom stereocenters. The zero-order valence-corrected chi connectivity index (χ0v) is 21.9. The van der Waals surface area contributed by atoms with Crippen molar-refractivity contribution in [2.24, 2.45) is 5.73 Å². The summed E-state index contributed by atoms with van der Waals surface area (Å²) >= 11 is 0. The molecule has 0 aliphatic carbocycles. The summed E-state index contributed by atoms with van der Waals surface area (Å²) in [7, 11) is 3.17. The Bertz CT molecular complexity index is 1040. The van der Waals surface area contributed by atoms with Crippen LogP contribution >= 0.6 is 0 Å². The highest BCUT2D eigenvalue weighted by Gasteiger charge is 2.37. The predicted octanol–water partition coefficient (Wildman–Crippen LogP) is -1.39. The second-order valence-corrected chi connectivity index (χ2v) is 9.07. The van der Waals surface area contributed by atoms with E-state index in [9.17, 15) is 34.0 Å². The number of primary amides is 1. The number of ether oxygens (including phenoxy) is 1. The molecule has 6 amide bonds. The van der Waals surface area contributed by atoms with Crippen molar-refractivity contribution >= 4 is 41.8 Å². The summed E-state index contributed by atoms with van der Waals surface area (Å²) in [6, 6.07) is 4.46. The number of rotatable bonds is 14. The average molecular weight is 550 g/mol. The third-order valence-corrected chi connectivity index (χ3v) is 6.00. The fourth-order valence-electron chi connectivity index (χ4n) is 3.77. The van der Waals surface area contributed by atoms with E-state index in [2.05, 4.69) is 10.6 Å². The molecule has 2 atom stereocenters. The standard InChI is InChI=1S/C24H35N7O8/c1-29(15-32)10-11-30(2)24(37)39-14-16-5-7-17(8-6-16)27-21(34)13-26-22(35)19-4-3-9-31(19)23(36)18(28-38)12-20(25)33/h5-8,15,18-19,28,38H,3-4,9-14H2,1-2H3,(H2,25,33)(H,26,35)(H,27,34). The van der Waals surface area contributed by atoms with Gasteiger partial charge in [-0.1, -0.05) is 12.1 Å². The van der Waals surface area contributed by atoms with Gasteiger partial charge in [0.25, 0.3) is 0 Å². The molecule has 6 N–H and O–H groups in total. The van der Waals surface area contributed by atoms with E-state index in [0.717, 1.165) is 0 Å². The molecule has 0 spiro atoms. The van der Waals surface area contributed by atoms with Crippen molar-refractivity contribution < 1.29 is 38.7 Å². The highest BCUT2D eigenvalue weighted by Crippen LogP contribution is 2.19. The van der Waals surface area contributed by atoms with Gasteiger partial charge >= 0.3 is 6.09 Å². The summed E-state index contributed by atoms with van der Waals surface area (Å²) in [5, 5.41) is 14.3. The lowest BCUT2D eigenvalue weighted by Crippen LogP contribution is -2.53. The Morgan fingerprint density at radius 2 is 1.87 bits per heavy atom. The summed E-state index contributed by atoms with van der Waals surface area (Å²) in [6.45, 7) is 0.625. The number of nitrogens with two attached hydrogens (primary N) is 1. The number of likely N-dealkylation sites (tertiary alicyclic amines) is 1. The number of amides is 6. The first-order valence-electron chi connectivity index (χ1n) is 12.2. The Labute approximate surface area is 225 Å². The van der Waals surface area contributed by atoms with Gasteiger partial charge in [0.2, 0.25) is 30.0 Å². The third-order valence-electron chi connectivity index (χ3n) is 6.00. The molecule has 39 heavy (non-hydrogen) atoms. The van der Waals surface area contributed by atoms with Gasteiger partial charge in [-0.25, -0.2) is 4.79 Å². The number of nitrogens with zero attached hydrogens (tertiary/aromatic N) is 3. The van der Waals surface area contributed by atoms with E-state index >= 15 is 0 Å². The Morgan fingerprint density at radius 1 is 1.18 bits per heavy atom. The molecule has 1 fully saturated rings. The van der Waals surface area contributed by atoms with Gasteiger partial charge in [0.1, 0.15) is 18.7 Å². The van der Waals surface area contributed by atoms with Crippen LogP contribution in [0.2, 0.25) is 0 Å². The molecular formula is C24H35N7O8. The molecule has 15 heteroatoms. The Kier molecular flexibility index (Phi) is 12.1. The van der Waals surface area contributed by atoms with Crippen molar-refractivity contribution in [2.75, 3.05) is 45.6 Å². The van der Waals surface area contributed by atoms with E-state index in [1.807, 2.05) is 0 Å². The lowest BCUT2D eigenvalue weighted by molar-refractivity contribution is -0.143. The van der Waals surface area contributed by atoms with Crippen LogP contribution in [0.4, 0.5) is 10.5 Å². The fraction of sp³-hybridized carbons (Fsp3) is 0.500. The molecule has 2 rings (SSSR count). The molecule has 0 bridgehead atoms. The van der Waals surface area contributed by atoms with Gasteiger partial charge in [-0.15, -0.1) is 0 Å². The van der Waals surface area contributed by atoms with Gasteiger partial charge in [0.15, 0.2) is 0 Å². The monoisotopic (exact) mass is 549 g/mol. The second kappa shape index (κ2) is 15.2. The van der Waals surface area contributed by atoms with Crippen LogP contribution < -0.4 is 21.8 Å². The van der Waals surface area contributed by atoms with Gasteiger partial charge in [-0.3, -0.25) is 24.0 Å². The highest BCUT2D eigenvalue weighted by molar-refractivity contribution is 5.97. The third kappa shape index (κ3) is 9.86. The van der Waals surface area contributed by atoms with E-state index in [4.69, 9.17) is 10.5 Å². The zero-order valence-electron chi connectivity index (χ0n) is 21.9. The van der Waals surface area contributed by atoms with Gasteiger partial charge in [-0.2, -0.15) is 5.48 Å². The minimum Gasteiger partial charge on any atom is -0.445 e. The van der Waals surface area contributed by atoms with Crippen LogP contribution in [0, 0.1) is 0 Å². The van der Waals surface area contributed by atoms with E-state index < -0.39 is 48.2 Å². The minimum atomic E-state index is -1.26. The largest absolute Gasteiger partial charge is 0.445 e. The van der Waals surface area contributed by atoms with Crippen molar-refractivity contribution in [3.05, 3.63) is 29.8 Å². The molecule has 0 aromatic heterocycles. The van der Waals surface area contributed by atoms with Crippen LogP contribution in [-0.4, -0.2) is 108 Å². The Hall–Kier alpha value is -4.24. The number of hydrogen-bond donors (Lipinski definition) is 5. The van der Waals surface area contributed by atoms with E-state index in [0.29, 0.717) is 43.6 Å². The second-order valence-electron chi connectivity index (χ2n) is 9.07. The average Bonchev–Trinajstić information content (AvgIpc) is 3.42. The Balaban J connectivity index is 1.79. The van der Waals surface area contributed by atoms with Crippen LogP contribution in [0.5, 0.6) is 0 Å². The number of benzene rings is 1. The molecule has 0 saturated carbocycles. The number of likely N-dealkylation sites (N-methyl/N-ethyl adjacent to an activating group) is 2. The minimum absolute atomic E-state index is 0.0136. The van der Waals surface area contributed by atoms with E-state index in [1.165, 1.54) is 14.7 Å². The molecule has 1 aliphatic heterocycles. The molecule has 214 valence electrons. The molecule has 1 aromatic rings. The summed E-state index contributed by atoms with van der Waals surface area (Å²) in [5.41, 5.74) is 7.99. The number of hydrogen-bond acceptors (Lipinski definition) is 9. The topological polar surface area (TPSA) is 204 Å². The van der Waals surface area contributed by atoms with E-state index in [-0.39, 0.29) is 19.7 Å². The van der Waals surface area contributed by atoms with Crippen LogP contribution in [0.1, 0.15) is 24.8 Å². The number of carbonyl (C=O) groups excluding carboxylic acids is 6. The van der Waals surface area contributed by atoms with Crippen molar-refractivity contribution in [3.8, 4) is 0 Å². The zero-order chi connectivity index (χ0) is 28.9. The van der Waals surface area contributed by atoms with Crippen LogP contribution in [0.15, 0.2) is 24.3 Å². The number of nitrogens with one attached hydrogen (secondary N) is 3.